The van der Waals surface area contributed by atoms with Crippen molar-refractivity contribution in [3.05, 3.63) is 23.8 Å². The number of carbonyl (C=O) groups is 2. The van der Waals surface area contributed by atoms with E-state index in [0.717, 1.165) is 0 Å². The van der Waals surface area contributed by atoms with Crippen molar-refractivity contribution in [1.29, 1.82) is 0 Å². The fourth-order valence-electron chi connectivity index (χ4n) is 1.64. The molecule has 0 atom stereocenters. The van der Waals surface area contributed by atoms with Crippen molar-refractivity contribution in [3.63, 3.8) is 0 Å². The summed E-state index contributed by atoms with van der Waals surface area (Å²) in [7, 11) is 0. The molecule has 0 bridgehead atoms. The monoisotopic (exact) mass is 279 g/mol. The third-order valence-corrected chi connectivity index (χ3v) is 2.59. The van der Waals surface area contributed by atoms with Crippen molar-refractivity contribution in [2.24, 2.45) is 0 Å². The molecule has 0 saturated carbocycles. The van der Waals surface area contributed by atoms with Gasteiger partial charge in [-0.15, -0.1) is 0 Å². The quantitative estimate of drug-likeness (QED) is 0.367. The van der Waals surface area contributed by atoms with E-state index in [9.17, 15) is 9.59 Å². The van der Waals surface area contributed by atoms with Gasteiger partial charge in [-0.1, -0.05) is 0 Å². The first kappa shape index (κ1) is 16.0. The third-order valence-electron chi connectivity index (χ3n) is 2.59. The highest BCUT2D eigenvalue weighted by molar-refractivity contribution is 5.98. The summed E-state index contributed by atoms with van der Waals surface area (Å²) in [4.78, 5) is 22.6. The maximum absolute atomic E-state index is 11.9. The minimum absolute atomic E-state index is 0.0532. The number of nitrogen functional groups attached to an aromatic ring is 1. The average molecular weight is 279 g/mol. The lowest BCUT2D eigenvalue weighted by molar-refractivity contribution is -0.118. The number of nitrogens with one attached hydrogen (secondary N) is 2. The van der Waals surface area contributed by atoms with Crippen LogP contribution in [0.15, 0.2) is 18.2 Å². The Hall–Kier alpha value is -2.08. The second-order valence-electron chi connectivity index (χ2n) is 4.27. The normalized spacial score (nSPS) is 10.1. The Labute approximate surface area is 118 Å². The van der Waals surface area contributed by atoms with Crippen molar-refractivity contribution in [1.82, 2.24) is 10.6 Å². The number of amides is 1. The maximum Gasteiger partial charge on any atom is 0.216 e. The molecule has 0 aromatic heterocycles. The fourth-order valence-corrected chi connectivity index (χ4v) is 1.64. The summed E-state index contributed by atoms with van der Waals surface area (Å²) in [5, 5.41) is 5.60. The van der Waals surface area contributed by atoms with Crippen LogP contribution in [0.1, 0.15) is 24.2 Å². The molecule has 0 heterocycles. The van der Waals surface area contributed by atoms with E-state index in [2.05, 4.69) is 10.6 Å². The zero-order chi connectivity index (χ0) is 15.0. The number of ether oxygens (including phenoxy) is 1. The van der Waals surface area contributed by atoms with Crippen LogP contribution in [0.25, 0.3) is 0 Å². The molecule has 110 valence electrons. The lowest BCUT2D eigenvalue weighted by atomic mass is 10.1. The largest absolute Gasteiger partial charge is 0.492 e. The molecule has 0 aliphatic carbocycles. The molecule has 1 aromatic carbocycles. The van der Waals surface area contributed by atoms with E-state index in [4.69, 9.17) is 10.5 Å². The van der Waals surface area contributed by atoms with E-state index in [1.54, 1.807) is 18.2 Å². The first-order chi connectivity index (χ1) is 9.54. The summed E-state index contributed by atoms with van der Waals surface area (Å²) in [5.41, 5.74) is 6.80. The molecule has 0 spiro atoms. The molecule has 1 aromatic rings. The van der Waals surface area contributed by atoms with Gasteiger partial charge in [0.05, 0.1) is 18.8 Å². The predicted molar refractivity (Wildman–Crippen MR) is 77.9 cm³/mol. The van der Waals surface area contributed by atoms with E-state index in [1.165, 1.54) is 6.92 Å². The van der Waals surface area contributed by atoms with Gasteiger partial charge in [-0.2, -0.15) is 0 Å². The number of carbonyl (C=O) groups excluding carboxylic acids is 2. The van der Waals surface area contributed by atoms with Gasteiger partial charge in [0, 0.05) is 25.6 Å². The van der Waals surface area contributed by atoms with Gasteiger partial charge >= 0.3 is 0 Å². The maximum atomic E-state index is 11.9. The van der Waals surface area contributed by atoms with Crippen LogP contribution >= 0.6 is 0 Å². The summed E-state index contributed by atoms with van der Waals surface area (Å²) in [6, 6.07) is 5.01. The van der Waals surface area contributed by atoms with Crippen molar-refractivity contribution in [2.45, 2.75) is 13.8 Å². The second-order valence-corrected chi connectivity index (χ2v) is 4.27. The highest BCUT2D eigenvalue weighted by atomic mass is 16.5. The molecular weight excluding hydrogens is 258 g/mol. The molecule has 0 unspecified atom stereocenters. The van der Waals surface area contributed by atoms with Crippen molar-refractivity contribution < 1.29 is 14.3 Å². The van der Waals surface area contributed by atoms with E-state index >= 15 is 0 Å². The summed E-state index contributed by atoms with van der Waals surface area (Å²) in [6.45, 7) is 5.09. The summed E-state index contributed by atoms with van der Waals surface area (Å²) in [6.07, 6.45) is 0. The molecule has 0 radical (unpaired) electrons. The first-order valence-electron chi connectivity index (χ1n) is 6.55. The zero-order valence-electron chi connectivity index (χ0n) is 11.9. The number of anilines is 1. The molecule has 1 amide bonds. The number of hydrogen-bond acceptors (Lipinski definition) is 5. The highest BCUT2D eigenvalue weighted by Crippen LogP contribution is 2.22. The average Bonchev–Trinajstić information content (AvgIpc) is 2.40. The van der Waals surface area contributed by atoms with E-state index in [1.807, 2.05) is 6.92 Å². The Morgan fingerprint density at radius 3 is 2.65 bits per heavy atom. The summed E-state index contributed by atoms with van der Waals surface area (Å²) < 4.78 is 5.31. The lowest BCUT2D eigenvalue weighted by Gasteiger charge is -2.09. The van der Waals surface area contributed by atoms with Crippen LogP contribution in [-0.4, -0.2) is 37.9 Å². The number of rotatable bonds is 8. The van der Waals surface area contributed by atoms with Crippen LogP contribution in [0.4, 0.5) is 5.69 Å². The van der Waals surface area contributed by atoms with Crippen LogP contribution in [0.5, 0.6) is 5.75 Å². The number of hydrogen-bond donors (Lipinski definition) is 3. The van der Waals surface area contributed by atoms with Gasteiger partial charge in [0.2, 0.25) is 5.91 Å². The van der Waals surface area contributed by atoms with Crippen molar-refractivity contribution in [3.8, 4) is 5.75 Å². The van der Waals surface area contributed by atoms with Gasteiger partial charge in [0.15, 0.2) is 5.78 Å². The van der Waals surface area contributed by atoms with Crippen LogP contribution in [0.3, 0.4) is 0 Å². The van der Waals surface area contributed by atoms with Gasteiger partial charge in [-0.3, -0.25) is 9.59 Å². The third kappa shape index (κ3) is 5.27. The fraction of sp³-hybridized carbons (Fsp3) is 0.429. The van der Waals surface area contributed by atoms with E-state index in [0.29, 0.717) is 36.7 Å². The number of benzene rings is 1. The minimum Gasteiger partial charge on any atom is -0.492 e. The predicted octanol–water partition coefficient (Wildman–Crippen LogP) is 0.576. The molecule has 0 fully saturated rings. The lowest BCUT2D eigenvalue weighted by Crippen LogP contribution is -2.32. The Morgan fingerprint density at radius 2 is 2.05 bits per heavy atom. The molecule has 0 aliphatic heterocycles. The van der Waals surface area contributed by atoms with Crippen LogP contribution < -0.4 is 21.1 Å². The Kier molecular flexibility index (Phi) is 6.52. The molecule has 0 aliphatic rings. The van der Waals surface area contributed by atoms with Crippen LogP contribution in [0, 0.1) is 0 Å². The van der Waals surface area contributed by atoms with Gasteiger partial charge in [-0.05, 0) is 25.1 Å². The minimum atomic E-state index is -0.0857. The zero-order valence-corrected chi connectivity index (χ0v) is 11.9. The number of nitrogens with two attached hydrogens (primary N) is 1. The molecule has 20 heavy (non-hydrogen) atoms. The molecule has 4 N–H and O–H groups in total. The summed E-state index contributed by atoms with van der Waals surface area (Å²) in [5.74, 6) is 0.447. The van der Waals surface area contributed by atoms with Crippen molar-refractivity contribution in [2.75, 3.05) is 32.0 Å². The molecule has 6 nitrogen and oxygen atoms in total. The highest BCUT2D eigenvalue weighted by Gasteiger charge is 2.08. The summed E-state index contributed by atoms with van der Waals surface area (Å²) >= 11 is 0. The molecule has 1 rings (SSSR count). The second kappa shape index (κ2) is 8.16. The smallest absolute Gasteiger partial charge is 0.216 e. The van der Waals surface area contributed by atoms with Gasteiger partial charge in [0.1, 0.15) is 5.75 Å². The van der Waals surface area contributed by atoms with E-state index < -0.39 is 0 Å². The molecular formula is C14H21N3O3. The van der Waals surface area contributed by atoms with Gasteiger partial charge in [0.25, 0.3) is 0 Å². The Balaban J connectivity index is 2.43. The van der Waals surface area contributed by atoms with Crippen LogP contribution in [0.2, 0.25) is 0 Å². The molecule has 0 saturated heterocycles. The Bertz CT molecular complexity index is 475. The topological polar surface area (TPSA) is 93.5 Å². The van der Waals surface area contributed by atoms with Crippen LogP contribution in [-0.2, 0) is 4.79 Å². The molecule has 6 heteroatoms. The first-order valence-corrected chi connectivity index (χ1v) is 6.55. The number of ketones is 1. The number of Topliss-reactive ketones (excluding diaryl/α,β-unsaturated/α-hetero) is 1. The van der Waals surface area contributed by atoms with Gasteiger partial charge in [-0.25, -0.2) is 0 Å². The Morgan fingerprint density at radius 1 is 1.30 bits per heavy atom. The van der Waals surface area contributed by atoms with Crippen molar-refractivity contribution >= 4 is 17.4 Å². The van der Waals surface area contributed by atoms with E-state index in [-0.39, 0.29) is 18.2 Å². The SMILES string of the molecule is CCOc1ccc(C(=O)CNCCNC(C)=O)cc1N. The van der Waals surface area contributed by atoms with Gasteiger partial charge < -0.3 is 21.1 Å². The standard InChI is InChI=1S/C14H21N3O3/c1-3-20-14-5-4-11(8-12(14)15)13(19)9-16-6-7-17-10(2)18/h4-5,8,16H,3,6-7,9,15H2,1-2H3,(H,17,18).